The Morgan fingerprint density at radius 2 is 0.670 bits per heavy atom. The smallest absolute Gasteiger partial charge is 0.268 e. The van der Waals surface area contributed by atoms with Gasteiger partial charge in [0.2, 0.25) is 5.91 Å². The minimum absolute atomic E-state index is 0.00827. The Kier molecular flexibility index (Phi) is 69.2. The minimum atomic E-state index is -4.59. The highest BCUT2D eigenvalue weighted by molar-refractivity contribution is 7.45. The van der Waals surface area contributed by atoms with E-state index in [1.165, 1.54) is 231 Å². The lowest BCUT2D eigenvalue weighted by atomic mass is 10.0. The zero-order valence-electron chi connectivity index (χ0n) is 60.5. The van der Waals surface area contributed by atoms with Gasteiger partial charge in [0.1, 0.15) is 13.2 Å². The minimum Gasteiger partial charge on any atom is -0.756 e. The number of carbonyl (C=O) groups excluding carboxylic acids is 1. The average Bonchev–Trinajstić information content (AvgIpc) is 3.58. The molecular weight excluding hydrogens is 1140 g/mol. The molecule has 3 atom stereocenters. The molecule has 0 radical (unpaired) electrons. The summed E-state index contributed by atoms with van der Waals surface area (Å²) < 4.78 is 23.6. The first-order chi connectivity index (χ1) is 44.5. The molecule has 1 amide bonds. The van der Waals surface area contributed by atoms with Crippen LogP contribution >= 0.6 is 7.82 Å². The summed E-state index contributed by atoms with van der Waals surface area (Å²) in [6, 6.07) is -0.811. The normalized spacial score (nSPS) is 14.1. The van der Waals surface area contributed by atoms with Crippen molar-refractivity contribution in [3.63, 3.8) is 0 Å². The molecule has 0 aromatic rings. The fraction of sp³-hybridized carbons (Fsp3) is 0.768. The third kappa shape index (κ3) is 74.4. The zero-order valence-corrected chi connectivity index (χ0v) is 61.4. The van der Waals surface area contributed by atoms with Crippen molar-refractivity contribution >= 4 is 13.7 Å². The van der Waals surface area contributed by atoms with Gasteiger partial charge in [-0.05, 0) is 83.5 Å². The van der Waals surface area contributed by atoms with Crippen LogP contribution in [0.4, 0.5) is 0 Å². The highest BCUT2D eigenvalue weighted by Gasteiger charge is 2.24. The van der Waals surface area contributed by atoms with Crippen LogP contribution in [0.15, 0.2) is 109 Å². The quantitative estimate of drug-likeness (QED) is 0.0272. The molecule has 3 unspecified atom stereocenters. The first-order valence-electron chi connectivity index (χ1n) is 38.7. The number of phosphoric ester groups is 1. The van der Waals surface area contributed by atoms with Crippen LogP contribution in [0.3, 0.4) is 0 Å². The molecule has 0 fully saturated rings. The zero-order chi connectivity index (χ0) is 66.2. The number of aliphatic hydroxyl groups is 1. The lowest BCUT2D eigenvalue weighted by molar-refractivity contribution is -0.870. The van der Waals surface area contributed by atoms with E-state index in [2.05, 4.69) is 129 Å². The standard InChI is InChI=1S/C82H149N2O6P/c1-6-8-10-12-14-16-18-20-22-24-26-28-30-32-34-36-38-39-40-41-42-43-44-45-46-48-50-52-54-56-58-60-62-64-66-68-70-72-74-76-82(86)83-80(79-90-91(87,88)89-78-77-84(3,4)5)81(85)75-73-71-69-67-65-63-61-59-57-55-53-51-49-47-37-35-33-31-29-27-25-23-21-19-17-15-13-11-9-7-2/h8,10,14,16,20,22,26,28,32,34,38-39,41-42,44-45,48,50,80-81,85H,6-7,9,11-13,15,17-19,21,23-25,27,29-31,33,35-37,40,43,46-47,49,51-79H2,1-5H3,(H-,83,86,87,88)/b10-8-,16-14-,22-20-,28-26-,34-32-,39-38-,42-41-,45-44-,50-48-. The van der Waals surface area contributed by atoms with E-state index in [0.29, 0.717) is 23.9 Å². The van der Waals surface area contributed by atoms with Crippen LogP contribution in [0.2, 0.25) is 0 Å². The van der Waals surface area contributed by atoms with Crippen LogP contribution in [-0.4, -0.2) is 68.5 Å². The molecule has 0 aliphatic rings. The third-order valence-electron chi connectivity index (χ3n) is 17.3. The number of aliphatic hydroxyl groups excluding tert-OH is 1. The van der Waals surface area contributed by atoms with Crippen molar-refractivity contribution in [2.75, 3.05) is 40.9 Å². The summed E-state index contributed by atoms with van der Waals surface area (Å²) in [4.78, 5) is 25.7. The number of unbranched alkanes of at least 4 members (excludes halogenated alkanes) is 40. The topological polar surface area (TPSA) is 108 Å². The summed E-state index contributed by atoms with van der Waals surface area (Å²) >= 11 is 0. The molecule has 0 saturated heterocycles. The van der Waals surface area contributed by atoms with E-state index >= 15 is 0 Å². The van der Waals surface area contributed by atoms with Gasteiger partial charge in [0, 0.05) is 6.42 Å². The molecule has 0 heterocycles. The largest absolute Gasteiger partial charge is 0.756 e. The Labute approximate surface area is 565 Å². The second-order valence-electron chi connectivity index (χ2n) is 27.3. The number of hydrogen-bond acceptors (Lipinski definition) is 6. The number of hydrogen-bond donors (Lipinski definition) is 2. The molecule has 2 N–H and O–H groups in total. The summed E-state index contributed by atoms with van der Waals surface area (Å²) in [7, 11) is 1.30. The summed E-state index contributed by atoms with van der Waals surface area (Å²) in [5.41, 5.74) is 0. The van der Waals surface area contributed by atoms with Crippen molar-refractivity contribution in [2.45, 2.75) is 366 Å². The Balaban J connectivity index is 4.03. The second kappa shape index (κ2) is 71.5. The van der Waals surface area contributed by atoms with E-state index in [1.54, 1.807) is 0 Å². The Morgan fingerprint density at radius 1 is 0.396 bits per heavy atom. The number of nitrogens with zero attached hydrogens (tertiary/aromatic N) is 1. The molecule has 0 spiro atoms. The molecule has 9 heteroatoms. The van der Waals surface area contributed by atoms with Gasteiger partial charge in [-0.25, -0.2) is 0 Å². The van der Waals surface area contributed by atoms with E-state index in [0.717, 1.165) is 96.3 Å². The van der Waals surface area contributed by atoms with Gasteiger partial charge in [-0.1, -0.05) is 374 Å². The molecule has 0 aromatic heterocycles. The van der Waals surface area contributed by atoms with Gasteiger partial charge in [-0.2, -0.15) is 0 Å². The number of carbonyl (C=O) groups is 1. The highest BCUT2D eigenvalue weighted by Crippen LogP contribution is 2.38. The van der Waals surface area contributed by atoms with E-state index in [1.807, 2.05) is 21.1 Å². The predicted octanol–water partition coefficient (Wildman–Crippen LogP) is 24.8. The summed E-state index contributed by atoms with van der Waals surface area (Å²) in [6.45, 7) is 4.64. The summed E-state index contributed by atoms with van der Waals surface area (Å²) in [5.74, 6) is -0.167. The molecular formula is C82H149N2O6P. The maximum atomic E-state index is 13.1. The third-order valence-corrected chi connectivity index (χ3v) is 18.2. The van der Waals surface area contributed by atoms with Gasteiger partial charge in [-0.15, -0.1) is 0 Å². The summed E-state index contributed by atoms with van der Waals surface area (Å²) in [6.07, 6.45) is 105. The molecule has 8 nitrogen and oxygen atoms in total. The van der Waals surface area contributed by atoms with E-state index in [4.69, 9.17) is 9.05 Å². The number of nitrogens with one attached hydrogen (secondary N) is 1. The van der Waals surface area contributed by atoms with Crippen molar-refractivity contribution in [1.82, 2.24) is 5.32 Å². The van der Waals surface area contributed by atoms with Gasteiger partial charge in [0.15, 0.2) is 0 Å². The number of rotatable bonds is 71. The van der Waals surface area contributed by atoms with E-state index in [9.17, 15) is 19.4 Å². The molecule has 0 aromatic carbocycles. The summed E-state index contributed by atoms with van der Waals surface area (Å²) in [5, 5.41) is 14.1. The Morgan fingerprint density at radius 3 is 0.978 bits per heavy atom. The molecule has 0 saturated carbocycles. The molecule has 0 rings (SSSR count). The first kappa shape index (κ1) is 88.2. The lowest BCUT2D eigenvalue weighted by Gasteiger charge is -2.30. The van der Waals surface area contributed by atoms with Crippen molar-refractivity contribution < 1.29 is 32.9 Å². The molecule has 528 valence electrons. The van der Waals surface area contributed by atoms with Crippen LogP contribution < -0.4 is 10.2 Å². The number of allylic oxidation sites excluding steroid dienone is 18. The van der Waals surface area contributed by atoms with Crippen molar-refractivity contribution in [1.29, 1.82) is 0 Å². The predicted molar refractivity (Wildman–Crippen MR) is 399 cm³/mol. The van der Waals surface area contributed by atoms with E-state index < -0.39 is 20.0 Å². The van der Waals surface area contributed by atoms with Crippen LogP contribution in [0, 0.1) is 0 Å². The van der Waals surface area contributed by atoms with E-state index in [-0.39, 0.29) is 19.1 Å². The van der Waals surface area contributed by atoms with Gasteiger partial charge in [0.05, 0.1) is 39.9 Å². The maximum Gasteiger partial charge on any atom is 0.268 e. The van der Waals surface area contributed by atoms with Crippen LogP contribution in [-0.2, 0) is 18.4 Å². The van der Waals surface area contributed by atoms with Crippen LogP contribution in [0.1, 0.15) is 354 Å². The van der Waals surface area contributed by atoms with Crippen molar-refractivity contribution in [3.8, 4) is 0 Å². The number of amides is 1. The second-order valence-corrected chi connectivity index (χ2v) is 28.7. The number of quaternary nitrogens is 1. The number of likely N-dealkylation sites (N-methyl/N-ethyl adjacent to an activating group) is 1. The van der Waals surface area contributed by atoms with Gasteiger partial charge in [-0.3, -0.25) is 9.36 Å². The molecule has 0 aliphatic heterocycles. The number of phosphoric acid groups is 1. The maximum absolute atomic E-state index is 13.1. The van der Waals surface area contributed by atoms with Crippen LogP contribution in [0.25, 0.3) is 0 Å². The fourth-order valence-electron chi connectivity index (χ4n) is 11.3. The average molecular weight is 1290 g/mol. The molecule has 91 heavy (non-hydrogen) atoms. The first-order valence-corrected chi connectivity index (χ1v) is 40.2. The van der Waals surface area contributed by atoms with Gasteiger partial charge in [0.25, 0.3) is 7.82 Å². The highest BCUT2D eigenvalue weighted by atomic mass is 31.2. The molecule has 0 bridgehead atoms. The lowest BCUT2D eigenvalue weighted by Crippen LogP contribution is -2.46. The fourth-order valence-corrected chi connectivity index (χ4v) is 12.1. The van der Waals surface area contributed by atoms with Crippen molar-refractivity contribution in [2.24, 2.45) is 0 Å². The van der Waals surface area contributed by atoms with Gasteiger partial charge >= 0.3 is 0 Å². The molecule has 0 aliphatic carbocycles. The Hall–Kier alpha value is -2.84. The van der Waals surface area contributed by atoms with Gasteiger partial charge < -0.3 is 28.8 Å². The van der Waals surface area contributed by atoms with Crippen molar-refractivity contribution in [3.05, 3.63) is 109 Å². The van der Waals surface area contributed by atoms with Crippen LogP contribution in [0.5, 0.6) is 0 Å². The Bertz CT molecular complexity index is 1860. The SMILES string of the molecule is CC/C=C\C/C=C\C/C=C\C/C=C\C/C=C\C/C=C\C/C=C\C/C=C\C/C=C\CCCCCCCCCCCCCC(=O)NC(COP(=O)([O-])OCC[N+](C)(C)C)C(O)CCCCCCCCCCCCCCCCCCCCCCCCCCCCCCCC. The monoisotopic (exact) mass is 1290 g/mol.